The average Bonchev–Trinajstić information content (AvgIpc) is 2.90. The van der Waals surface area contributed by atoms with E-state index in [-0.39, 0.29) is 0 Å². The highest BCUT2D eigenvalue weighted by Crippen LogP contribution is 2.18. The quantitative estimate of drug-likeness (QED) is 0.773. The van der Waals surface area contributed by atoms with Gasteiger partial charge >= 0.3 is 5.97 Å². The van der Waals surface area contributed by atoms with Crippen molar-refractivity contribution in [3.8, 4) is 0 Å². The van der Waals surface area contributed by atoms with E-state index in [4.69, 9.17) is 0 Å². The number of carboxylic acid groups (broad SMARTS) is 1. The lowest BCUT2D eigenvalue weighted by Gasteiger charge is -2.15. The number of amides is 1. The van der Waals surface area contributed by atoms with Gasteiger partial charge in [-0.05, 0) is 31.5 Å². The van der Waals surface area contributed by atoms with E-state index in [0.717, 1.165) is 5.69 Å². The summed E-state index contributed by atoms with van der Waals surface area (Å²) in [7, 11) is 0. The highest BCUT2D eigenvalue weighted by atomic mass is 16.4. The van der Waals surface area contributed by atoms with Crippen LogP contribution in [0.15, 0.2) is 48.5 Å². The number of aromatic nitrogens is 2. The van der Waals surface area contributed by atoms with Gasteiger partial charge in [0.15, 0.2) is 6.04 Å². The lowest BCUT2D eigenvalue weighted by atomic mass is 10.1. The van der Waals surface area contributed by atoms with Gasteiger partial charge in [0.05, 0.1) is 5.69 Å². The topological polar surface area (TPSA) is 83.7 Å². The predicted octanol–water partition coefficient (Wildman–Crippen LogP) is 2.51. The second kappa shape index (κ2) is 6.16. The summed E-state index contributed by atoms with van der Waals surface area (Å²) in [6.45, 7) is 3.61. The number of hydrogen-bond donors (Lipinski definition) is 2. The second-order valence-corrected chi connectivity index (χ2v) is 5.56. The molecule has 1 unspecified atom stereocenters. The Morgan fingerprint density at radius 1 is 1.08 bits per heavy atom. The molecule has 0 saturated heterocycles. The van der Waals surface area contributed by atoms with Crippen molar-refractivity contribution >= 4 is 17.5 Å². The molecule has 0 fully saturated rings. The SMILES string of the molecule is Cc1nc2cccc(C)n2c1C(=O)NC(C(=O)O)c1ccccc1. The Labute approximate surface area is 138 Å². The van der Waals surface area contributed by atoms with E-state index >= 15 is 0 Å². The van der Waals surface area contributed by atoms with Crippen LogP contribution in [-0.2, 0) is 4.79 Å². The number of nitrogens with one attached hydrogen (secondary N) is 1. The van der Waals surface area contributed by atoms with Gasteiger partial charge in [0, 0.05) is 5.69 Å². The minimum Gasteiger partial charge on any atom is -0.479 e. The van der Waals surface area contributed by atoms with Crippen molar-refractivity contribution in [1.29, 1.82) is 0 Å². The molecule has 0 bridgehead atoms. The van der Waals surface area contributed by atoms with Crippen molar-refractivity contribution in [1.82, 2.24) is 14.7 Å². The Bertz CT molecular complexity index is 916. The zero-order valence-electron chi connectivity index (χ0n) is 13.4. The minimum absolute atomic E-state index is 0.352. The largest absolute Gasteiger partial charge is 0.479 e. The van der Waals surface area contributed by atoms with Crippen LogP contribution in [0.1, 0.15) is 33.5 Å². The fourth-order valence-corrected chi connectivity index (χ4v) is 2.77. The lowest BCUT2D eigenvalue weighted by Crippen LogP contribution is -2.34. The van der Waals surface area contributed by atoms with Crippen LogP contribution >= 0.6 is 0 Å². The predicted molar refractivity (Wildman–Crippen MR) is 89.0 cm³/mol. The summed E-state index contributed by atoms with van der Waals surface area (Å²) in [4.78, 5) is 28.7. The highest BCUT2D eigenvalue weighted by molar-refractivity contribution is 5.97. The maximum atomic E-state index is 12.7. The molecule has 0 aliphatic carbocycles. The number of carbonyl (C=O) groups is 2. The van der Waals surface area contributed by atoms with Gasteiger partial charge in [-0.25, -0.2) is 9.78 Å². The van der Waals surface area contributed by atoms with Crippen molar-refractivity contribution in [3.63, 3.8) is 0 Å². The first kappa shape index (κ1) is 15.7. The molecule has 2 aromatic heterocycles. The summed E-state index contributed by atoms with van der Waals surface area (Å²) in [5.41, 5.74) is 2.93. The molecule has 0 spiro atoms. The van der Waals surface area contributed by atoms with Gasteiger partial charge in [-0.3, -0.25) is 9.20 Å². The summed E-state index contributed by atoms with van der Waals surface area (Å²) in [5.74, 6) is -1.58. The standard InChI is InChI=1S/C18H17N3O3/c1-11-7-6-10-14-19-12(2)16(21(11)14)17(22)20-15(18(23)24)13-8-4-3-5-9-13/h3-10,15H,1-2H3,(H,20,22)(H,23,24). The van der Waals surface area contributed by atoms with Gasteiger partial charge in [0.25, 0.3) is 5.91 Å². The van der Waals surface area contributed by atoms with Gasteiger partial charge in [-0.2, -0.15) is 0 Å². The molecule has 122 valence electrons. The van der Waals surface area contributed by atoms with E-state index in [2.05, 4.69) is 10.3 Å². The Morgan fingerprint density at radius 3 is 2.46 bits per heavy atom. The molecule has 3 aromatic rings. The molecule has 1 atom stereocenters. The number of fused-ring (bicyclic) bond motifs is 1. The smallest absolute Gasteiger partial charge is 0.330 e. The fraction of sp³-hybridized carbons (Fsp3) is 0.167. The number of rotatable bonds is 4. The number of carboxylic acids is 1. The van der Waals surface area contributed by atoms with Crippen molar-refractivity contribution in [2.24, 2.45) is 0 Å². The van der Waals surface area contributed by atoms with E-state index in [1.54, 1.807) is 41.7 Å². The van der Waals surface area contributed by atoms with E-state index in [1.165, 1.54) is 0 Å². The number of carbonyl (C=O) groups excluding carboxylic acids is 1. The van der Waals surface area contributed by atoms with Gasteiger partial charge in [0.2, 0.25) is 0 Å². The number of hydrogen-bond acceptors (Lipinski definition) is 3. The fourth-order valence-electron chi connectivity index (χ4n) is 2.77. The first-order valence-corrected chi connectivity index (χ1v) is 7.52. The third kappa shape index (κ3) is 2.74. The van der Waals surface area contributed by atoms with E-state index in [9.17, 15) is 14.7 Å². The van der Waals surface area contributed by atoms with Crippen molar-refractivity contribution in [3.05, 3.63) is 71.2 Å². The molecule has 2 heterocycles. The molecule has 6 nitrogen and oxygen atoms in total. The number of aryl methyl sites for hydroxylation is 2. The second-order valence-electron chi connectivity index (χ2n) is 5.56. The zero-order chi connectivity index (χ0) is 17.3. The monoisotopic (exact) mass is 323 g/mol. The molecule has 6 heteroatoms. The van der Waals surface area contributed by atoms with Crippen LogP contribution < -0.4 is 5.32 Å². The average molecular weight is 323 g/mol. The molecular weight excluding hydrogens is 306 g/mol. The van der Waals surface area contributed by atoms with Crippen molar-refractivity contribution in [2.75, 3.05) is 0 Å². The summed E-state index contributed by atoms with van der Waals surface area (Å²) in [6.07, 6.45) is 0. The van der Waals surface area contributed by atoms with Crippen LogP contribution in [0.4, 0.5) is 0 Å². The van der Waals surface area contributed by atoms with Crippen LogP contribution in [0, 0.1) is 13.8 Å². The normalized spacial score (nSPS) is 12.1. The molecule has 0 saturated carbocycles. The number of aliphatic carboxylic acids is 1. The summed E-state index contributed by atoms with van der Waals surface area (Å²) < 4.78 is 1.73. The van der Waals surface area contributed by atoms with Crippen molar-refractivity contribution in [2.45, 2.75) is 19.9 Å². The maximum absolute atomic E-state index is 12.7. The number of nitrogens with zero attached hydrogens (tertiary/aromatic N) is 2. The summed E-state index contributed by atoms with van der Waals surface area (Å²) >= 11 is 0. The van der Waals surface area contributed by atoms with Crippen LogP contribution in [-0.4, -0.2) is 26.4 Å². The molecule has 24 heavy (non-hydrogen) atoms. The zero-order valence-corrected chi connectivity index (χ0v) is 13.4. The molecule has 0 radical (unpaired) electrons. The van der Waals surface area contributed by atoms with Crippen LogP contribution in [0.25, 0.3) is 5.65 Å². The van der Waals surface area contributed by atoms with Crippen LogP contribution in [0.5, 0.6) is 0 Å². The maximum Gasteiger partial charge on any atom is 0.330 e. The van der Waals surface area contributed by atoms with Gasteiger partial charge in [-0.15, -0.1) is 0 Å². The third-order valence-corrected chi connectivity index (χ3v) is 3.88. The number of benzene rings is 1. The van der Waals surface area contributed by atoms with Gasteiger partial charge in [-0.1, -0.05) is 36.4 Å². The lowest BCUT2D eigenvalue weighted by molar-refractivity contribution is -0.139. The summed E-state index contributed by atoms with van der Waals surface area (Å²) in [6, 6.07) is 13.0. The first-order valence-electron chi connectivity index (χ1n) is 7.52. The van der Waals surface area contributed by atoms with Crippen molar-refractivity contribution < 1.29 is 14.7 Å². The van der Waals surface area contributed by atoms with Crippen LogP contribution in [0.3, 0.4) is 0 Å². The molecule has 0 aliphatic heterocycles. The molecule has 1 amide bonds. The minimum atomic E-state index is -1.12. The number of pyridine rings is 1. The van der Waals surface area contributed by atoms with E-state index in [0.29, 0.717) is 22.6 Å². The number of imidazole rings is 1. The molecule has 0 aliphatic rings. The third-order valence-electron chi connectivity index (χ3n) is 3.88. The summed E-state index contributed by atoms with van der Waals surface area (Å²) in [5, 5.41) is 12.1. The molecule has 2 N–H and O–H groups in total. The van der Waals surface area contributed by atoms with E-state index in [1.807, 2.05) is 25.1 Å². The van der Waals surface area contributed by atoms with E-state index < -0.39 is 17.9 Å². The Hall–Kier alpha value is -3.15. The molecular formula is C18H17N3O3. The molecule has 1 aromatic carbocycles. The first-order chi connectivity index (χ1) is 11.5. The van der Waals surface area contributed by atoms with Crippen LogP contribution in [0.2, 0.25) is 0 Å². The Balaban J connectivity index is 2.00. The molecule has 3 rings (SSSR count). The highest BCUT2D eigenvalue weighted by Gasteiger charge is 2.25. The Morgan fingerprint density at radius 2 is 1.79 bits per heavy atom. The van der Waals surface area contributed by atoms with Gasteiger partial charge < -0.3 is 10.4 Å². The van der Waals surface area contributed by atoms with Gasteiger partial charge in [0.1, 0.15) is 11.3 Å². The Kier molecular flexibility index (Phi) is 4.04.